The topological polar surface area (TPSA) is 59.9 Å². The Balaban J connectivity index is 2.21. The summed E-state index contributed by atoms with van der Waals surface area (Å²) in [6, 6.07) is 8.70. The molecular weight excluding hydrogens is 280 g/mol. The van der Waals surface area contributed by atoms with Gasteiger partial charge in [-0.2, -0.15) is 0 Å². The van der Waals surface area contributed by atoms with Crippen molar-refractivity contribution in [2.45, 2.75) is 4.90 Å². The molecule has 19 heavy (non-hydrogen) atoms. The van der Waals surface area contributed by atoms with E-state index in [9.17, 15) is 8.42 Å². The molecule has 6 heteroatoms. The summed E-state index contributed by atoms with van der Waals surface area (Å²) in [4.78, 5) is 10.1. The Labute approximate surface area is 114 Å². The van der Waals surface area contributed by atoms with Gasteiger partial charge in [0.25, 0.3) is 0 Å². The van der Waals surface area contributed by atoms with E-state index in [1.54, 1.807) is 35.7 Å². The van der Waals surface area contributed by atoms with Crippen LogP contribution in [0.25, 0.3) is 21.6 Å². The largest absolute Gasteiger partial charge is 0.252 e. The van der Waals surface area contributed by atoms with Gasteiger partial charge < -0.3 is 0 Å². The third-order valence-electron chi connectivity index (χ3n) is 2.72. The lowest BCUT2D eigenvalue weighted by Crippen LogP contribution is -1.97. The van der Waals surface area contributed by atoms with Crippen molar-refractivity contribution in [1.29, 1.82) is 0 Å². The van der Waals surface area contributed by atoms with Gasteiger partial charge in [0, 0.05) is 6.26 Å². The van der Waals surface area contributed by atoms with Gasteiger partial charge in [-0.05, 0) is 29.6 Å². The van der Waals surface area contributed by atoms with Gasteiger partial charge in [0.2, 0.25) is 0 Å². The molecule has 0 aliphatic rings. The van der Waals surface area contributed by atoms with Gasteiger partial charge >= 0.3 is 0 Å². The standard InChI is InChI=1S/C13H10N2O2S2/c1-19(16,17)9-4-5-10-11(7-9)15-12(8-14-10)13-3-2-6-18-13/h2-8H,1H3. The monoisotopic (exact) mass is 290 g/mol. The van der Waals surface area contributed by atoms with Crippen LogP contribution in [0.3, 0.4) is 0 Å². The van der Waals surface area contributed by atoms with E-state index in [1.165, 1.54) is 6.26 Å². The Bertz CT molecular complexity index is 840. The zero-order chi connectivity index (χ0) is 13.5. The first-order valence-electron chi connectivity index (χ1n) is 5.55. The van der Waals surface area contributed by atoms with Crippen molar-refractivity contribution in [2.24, 2.45) is 0 Å². The van der Waals surface area contributed by atoms with Crippen molar-refractivity contribution >= 4 is 32.2 Å². The third-order valence-corrected chi connectivity index (χ3v) is 4.72. The van der Waals surface area contributed by atoms with Crippen molar-refractivity contribution in [3.05, 3.63) is 41.9 Å². The fourth-order valence-electron chi connectivity index (χ4n) is 1.76. The van der Waals surface area contributed by atoms with Crippen LogP contribution in [-0.2, 0) is 9.84 Å². The molecule has 2 aromatic heterocycles. The summed E-state index contributed by atoms with van der Waals surface area (Å²) in [5, 5.41) is 1.97. The Morgan fingerprint density at radius 1 is 1.16 bits per heavy atom. The molecule has 0 unspecified atom stereocenters. The second-order valence-electron chi connectivity index (χ2n) is 4.16. The molecule has 0 aliphatic carbocycles. The number of aromatic nitrogens is 2. The Hall–Kier alpha value is -1.79. The molecule has 0 bridgehead atoms. The maximum absolute atomic E-state index is 11.5. The van der Waals surface area contributed by atoms with E-state index in [4.69, 9.17) is 0 Å². The molecule has 96 valence electrons. The van der Waals surface area contributed by atoms with E-state index in [0.717, 1.165) is 10.6 Å². The average molecular weight is 290 g/mol. The highest BCUT2D eigenvalue weighted by molar-refractivity contribution is 7.90. The number of sulfone groups is 1. The van der Waals surface area contributed by atoms with E-state index in [1.807, 2.05) is 17.5 Å². The van der Waals surface area contributed by atoms with E-state index in [2.05, 4.69) is 9.97 Å². The molecule has 0 atom stereocenters. The molecule has 0 aliphatic heterocycles. The molecule has 1 aromatic carbocycles. The van der Waals surface area contributed by atoms with Gasteiger partial charge in [0.05, 0.1) is 32.7 Å². The molecule has 0 saturated carbocycles. The van der Waals surface area contributed by atoms with E-state index >= 15 is 0 Å². The van der Waals surface area contributed by atoms with Crippen LogP contribution in [0.2, 0.25) is 0 Å². The Kier molecular flexibility index (Phi) is 2.83. The van der Waals surface area contributed by atoms with Crippen LogP contribution in [-0.4, -0.2) is 24.6 Å². The number of nitrogens with zero attached hydrogens (tertiary/aromatic N) is 2. The minimum absolute atomic E-state index is 0.262. The summed E-state index contributed by atoms with van der Waals surface area (Å²) in [7, 11) is -3.23. The van der Waals surface area contributed by atoms with Crippen LogP contribution >= 0.6 is 11.3 Å². The molecule has 0 radical (unpaired) electrons. The van der Waals surface area contributed by atoms with Crippen LogP contribution < -0.4 is 0 Å². The Morgan fingerprint density at radius 2 is 2.00 bits per heavy atom. The fourth-order valence-corrected chi connectivity index (χ4v) is 3.09. The zero-order valence-corrected chi connectivity index (χ0v) is 11.7. The molecule has 0 amide bonds. The van der Waals surface area contributed by atoms with Gasteiger partial charge in [-0.25, -0.2) is 13.4 Å². The van der Waals surface area contributed by atoms with Gasteiger partial charge in [-0.1, -0.05) is 6.07 Å². The van der Waals surface area contributed by atoms with Crippen molar-refractivity contribution in [2.75, 3.05) is 6.26 Å². The normalized spacial score (nSPS) is 11.8. The van der Waals surface area contributed by atoms with E-state index in [0.29, 0.717) is 11.0 Å². The van der Waals surface area contributed by atoms with Crippen molar-refractivity contribution in [1.82, 2.24) is 9.97 Å². The maximum Gasteiger partial charge on any atom is 0.175 e. The lowest BCUT2D eigenvalue weighted by molar-refractivity contribution is 0.602. The number of thiophene rings is 1. The quantitative estimate of drug-likeness (QED) is 0.728. The first kappa shape index (κ1) is 12.3. The predicted octanol–water partition coefficient (Wildman–Crippen LogP) is 2.76. The molecule has 0 saturated heterocycles. The molecular formula is C13H10N2O2S2. The first-order chi connectivity index (χ1) is 9.04. The Morgan fingerprint density at radius 3 is 2.68 bits per heavy atom. The van der Waals surface area contributed by atoms with Crippen LogP contribution in [0.15, 0.2) is 46.8 Å². The lowest BCUT2D eigenvalue weighted by Gasteiger charge is -2.02. The number of hydrogen-bond donors (Lipinski definition) is 0. The summed E-state index contributed by atoms with van der Waals surface area (Å²) in [5.74, 6) is 0. The van der Waals surface area contributed by atoms with Crippen molar-refractivity contribution in [3.63, 3.8) is 0 Å². The molecule has 0 spiro atoms. The van der Waals surface area contributed by atoms with Gasteiger partial charge in [0.15, 0.2) is 9.84 Å². The molecule has 2 heterocycles. The second kappa shape index (κ2) is 4.40. The maximum atomic E-state index is 11.5. The van der Waals surface area contributed by atoms with Gasteiger partial charge in [-0.3, -0.25) is 4.98 Å². The van der Waals surface area contributed by atoms with Crippen LogP contribution in [0, 0.1) is 0 Å². The lowest BCUT2D eigenvalue weighted by atomic mass is 10.3. The second-order valence-corrected chi connectivity index (χ2v) is 7.12. The average Bonchev–Trinajstić information content (AvgIpc) is 2.90. The molecule has 0 N–H and O–H groups in total. The third kappa shape index (κ3) is 2.36. The number of hydrogen-bond acceptors (Lipinski definition) is 5. The van der Waals surface area contributed by atoms with Crippen LogP contribution in [0.5, 0.6) is 0 Å². The summed E-state index contributed by atoms with van der Waals surface area (Å²) >= 11 is 1.57. The smallest absolute Gasteiger partial charge is 0.175 e. The summed E-state index contributed by atoms with van der Waals surface area (Å²) < 4.78 is 23.1. The van der Waals surface area contributed by atoms with Crippen LogP contribution in [0.1, 0.15) is 0 Å². The molecule has 3 aromatic rings. The van der Waals surface area contributed by atoms with Gasteiger partial charge in [-0.15, -0.1) is 11.3 Å². The molecule has 3 rings (SSSR count). The zero-order valence-electron chi connectivity index (χ0n) is 10.1. The summed E-state index contributed by atoms with van der Waals surface area (Å²) in [6.07, 6.45) is 2.89. The first-order valence-corrected chi connectivity index (χ1v) is 8.32. The minimum atomic E-state index is -3.23. The number of rotatable bonds is 2. The fraction of sp³-hybridized carbons (Fsp3) is 0.0769. The summed E-state index contributed by atoms with van der Waals surface area (Å²) in [5.41, 5.74) is 2.04. The molecule has 4 nitrogen and oxygen atoms in total. The highest BCUT2D eigenvalue weighted by atomic mass is 32.2. The highest BCUT2D eigenvalue weighted by Gasteiger charge is 2.10. The number of fused-ring (bicyclic) bond motifs is 1. The number of benzene rings is 1. The van der Waals surface area contributed by atoms with Crippen molar-refractivity contribution in [3.8, 4) is 10.6 Å². The van der Waals surface area contributed by atoms with E-state index < -0.39 is 9.84 Å². The van der Waals surface area contributed by atoms with Gasteiger partial charge in [0.1, 0.15) is 0 Å². The highest BCUT2D eigenvalue weighted by Crippen LogP contribution is 2.24. The summed E-state index contributed by atoms with van der Waals surface area (Å²) in [6.45, 7) is 0. The molecule has 0 fully saturated rings. The predicted molar refractivity (Wildman–Crippen MR) is 76.0 cm³/mol. The van der Waals surface area contributed by atoms with E-state index in [-0.39, 0.29) is 4.90 Å². The van der Waals surface area contributed by atoms with Crippen molar-refractivity contribution < 1.29 is 8.42 Å². The SMILES string of the molecule is CS(=O)(=O)c1ccc2ncc(-c3cccs3)nc2c1. The minimum Gasteiger partial charge on any atom is -0.252 e. The van der Waals surface area contributed by atoms with Crippen LogP contribution in [0.4, 0.5) is 0 Å².